The Kier molecular flexibility index (Phi) is 5.85. The van der Waals surface area contributed by atoms with Gasteiger partial charge in [-0.2, -0.15) is 0 Å². The van der Waals surface area contributed by atoms with Crippen LogP contribution in [0, 0.1) is 5.92 Å². The molecule has 1 unspecified atom stereocenters. The average molecular weight is 675 g/mol. The van der Waals surface area contributed by atoms with Crippen molar-refractivity contribution < 1.29 is 0 Å². The van der Waals surface area contributed by atoms with Gasteiger partial charge in [0.25, 0.3) is 0 Å². The van der Waals surface area contributed by atoms with Crippen LogP contribution in [-0.4, -0.2) is 9.13 Å². The maximum Gasteiger partial charge on any atom is 0.0638 e. The van der Waals surface area contributed by atoms with E-state index in [1.807, 2.05) is 0 Å². The van der Waals surface area contributed by atoms with Crippen molar-refractivity contribution in [1.82, 2.24) is 9.13 Å². The van der Waals surface area contributed by atoms with Gasteiger partial charge in [0.05, 0.1) is 16.6 Å². The standard InChI is InChI=1S/C51H34N2/c1-31-17-27-46-45(29-31)49-47(52(46)37-23-25-39-40-15-7-12-35-13-8-16-41(48(35)40)44(39)30-37)28-26-43-42-24-20-34-11-5-6-14-38(34)50(42)53(51(43)49)36-21-18-33(19-22-36)32-9-3-2-4-10-32/h2-28,30-31H,29H2,1H3. The van der Waals surface area contributed by atoms with Crippen LogP contribution in [0.4, 0.5) is 0 Å². The van der Waals surface area contributed by atoms with Crippen molar-refractivity contribution in [3.05, 3.63) is 175 Å². The third-order valence-electron chi connectivity index (χ3n) is 12.0. The van der Waals surface area contributed by atoms with E-state index in [-0.39, 0.29) is 0 Å². The molecule has 2 heteroatoms. The van der Waals surface area contributed by atoms with E-state index in [2.05, 4.69) is 186 Å². The molecular weight excluding hydrogens is 641 g/mol. The van der Waals surface area contributed by atoms with E-state index in [0.717, 1.165) is 6.42 Å². The lowest BCUT2D eigenvalue weighted by Crippen LogP contribution is -2.05. The fourth-order valence-corrected chi connectivity index (χ4v) is 9.65. The van der Waals surface area contributed by atoms with Gasteiger partial charge >= 0.3 is 0 Å². The Labute approximate surface area is 307 Å². The number of hydrogen-bond acceptors (Lipinski definition) is 0. The first-order chi connectivity index (χ1) is 26.2. The van der Waals surface area contributed by atoms with Crippen LogP contribution in [0.1, 0.15) is 18.2 Å². The maximum absolute atomic E-state index is 2.57. The van der Waals surface area contributed by atoms with Gasteiger partial charge in [-0.3, -0.25) is 0 Å². The smallest absolute Gasteiger partial charge is 0.0638 e. The predicted molar refractivity (Wildman–Crippen MR) is 224 cm³/mol. The molecule has 2 nitrogen and oxygen atoms in total. The van der Waals surface area contributed by atoms with Crippen molar-refractivity contribution in [3.63, 3.8) is 0 Å². The largest absolute Gasteiger partial charge is 0.309 e. The summed E-state index contributed by atoms with van der Waals surface area (Å²) in [5, 5.41) is 9.14. The molecule has 2 heterocycles. The third kappa shape index (κ3) is 3.98. The summed E-state index contributed by atoms with van der Waals surface area (Å²) in [5.74, 6) is 0.452. The third-order valence-corrected chi connectivity index (χ3v) is 12.0. The molecule has 12 rings (SSSR count). The molecule has 8 aromatic carbocycles. The van der Waals surface area contributed by atoms with Crippen LogP contribution < -0.4 is 0 Å². The Balaban J connectivity index is 1.18. The van der Waals surface area contributed by atoms with Gasteiger partial charge in [-0.1, -0.05) is 140 Å². The Bertz CT molecular complexity index is 3180. The molecule has 2 aliphatic carbocycles. The molecule has 248 valence electrons. The first kappa shape index (κ1) is 29.0. The molecule has 10 aromatic rings. The Morgan fingerprint density at radius 1 is 0.472 bits per heavy atom. The maximum atomic E-state index is 2.57. The molecule has 2 aliphatic rings. The van der Waals surface area contributed by atoms with Crippen molar-refractivity contribution >= 4 is 60.3 Å². The van der Waals surface area contributed by atoms with E-state index < -0.39 is 0 Å². The Hall–Kier alpha value is -6.64. The van der Waals surface area contributed by atoms with Crippen LogP contribution in [-0.2, 0) is 6.42 Å². The zero-order valence-electron chi connectivity index (χ0n) is 29.3. The summed E-state index contributed by atoms with van der Waals surface area (Å²) in [5.41, 5.74) is 16.7. The summed E-state index contributed by atoms with van der Waals surface area (Å²) in [4.78, 5) is 0. The van der Waals surface area contributed by atoms with E-state index in [1.54, 1.807) is 0 Å². The highest BCUT2D eigenvalue weighted by Crippen LogP contribution is 2.49. The molecule has 0 amide bonds. The van der Waals surface area contributed by atoms with Crippen LogP contribution in [0.5, 0.6) is 0 Å². The summed E-state index contributed by atoms with van der Waals surface area (Å²) in [6.45, 7) is 2.35. The number of aromatic nitrogens is 2. The number of allylic oxidation sites excluding steroid dienone is 1. The second kappa shape index (κ2) is 10.7. The van der Waals surface area contributed by atoms with E-state index >= 15 is 0 Å². The van der Waals surface area contributed by atoms with Crippen molar-refractivity contribution in [2.24, 2.45) is 5.92 Å². The van der Waals surface area contributed by atoms with Gasteiger partial charge in [-0.05, 0) is 104 Å². The summed E-state index contributed by atoms with van der Waals surface area (Å²) in [6, 6.07) is 58.7. The van der Waals surface area contributed by atoms with Gasteiger partial charge in [0.2, 0.25) is 0 Å². The zero-order chi connectivity index (χ0) is 34.8. The Morgan fingerprint density at radius 3 is 2.02 bits per heavy atom. The van der Waals surface area contributed by atoms with Gasteiger partial charge in [-0.15, -0.1) is 0 Å². The molecule has 1 atom stereocenters. The second-order valence-electron chi connectivity index (χ2n) is 15.0. The Morgan fingerprint density at radius 2 is 1.17 bits per heavy atom. The van der Waals surface area contributed by atoms with E-state index in [4.69, 9.17) is 0 Å². The van der Waals surface area contributed by atoms with Gasteiger partial charge in [0.1, 0.15) is 0 Å². The number of hydrogen-bond donors (Lipinski definition) is 0. The molecule has 2 aromatic heterocycles. The molecule has 0 spiro atoms. The van der Waals surface area contributed by atoms with E-state index in [9.17, 15) is 0 Å². The minimum atomic E-state index is 0.452. The lowest BCUT2D eigenvalue weighted by atomic mass is 9.92. The molecule has 0 bridgehead atoms. The molecule has 53 heavy (non-hydrogen) atoms. The summed E-state index contributed by atoms with van der Waals surface area (Å²) in [6.07, 6.45) is 5.78. The summed E-state index contributed by atoms with van der Waals surface area (Å²) < 4.78 is 5.10. The molecule has 0 fully saturated rings. The van der Waals surface area contributed by atoms with Gasteiger partial charge in [0.15, 0.2) is 0 Å². The first-order valence-electron chi connectivity index (χ1n) is 18.7. The van der Waals surface area contributed by atoms with Crippen molar-refractivity contribution in [2.45, 2.75) is 13.3 Å². The van der Waals surface area contributed by atoms with Crippen LogP contribution >= 0.6 is 0 Å². The second-order valence-corrected chi connectivity index (χ2v) is 15.0. The number of benzene rings is 8. The minimum Gasteiger partial charge on any atom is -0.309 e. The quantitative estimate of drug-likeness (QED) is 0.177. The minimum absolute atomic E-state index is 0.452. The van der Waals surface area contributed by atoms with Gasteiger partial charge < -0.3 is 9.13 Å². The molecule has 0 radical (unpaired) electrons. The van der Waals surface area contributed by atoms with Crippen LogP contribution in [0.2, 0.25) is 0 Å². The number of rotatable bonds is 3. The number of nitrogens with zero attached hydrogens (tertiary/aromatic N) is 2. The van der Waals surface area contributed by atoms with Crippen molar-refractivity contribution in [3.8, 4) is 44.8 Å². The zero-order valence-corrected chi connectivity index (χ0v) is 29.3. The van der Waals surface area contributed by atoms with Crippen molar-refractivity contribution in [1.29, 1.82) is 0 Å². The van der Waals surface area contributed by atoms with Crippen LogP contribution in [0.25, 0.3) is 105 Å². The molecule has 0 saturated carbocycles. The fraction of sp³-hybridized carbons (Fsp3) is 0.0588. The highest BCUT2D eigenvalue weighted by atomic mass is 15.0. The van der Waals surface area contributed by atoms with E-state index in [0.29, 0.717) is 5.92 Å². The average Bonchev–Trinajstić information content (AvgIpc) is 3.85. The SMILES string of the molecule is CC1C=Cc2c(c3c(ccc4c5ccc6ccccc6c5n(-c5ccc(-c6ccccc6)cc5)c43)n2-c2ccc3c(c2)-c2cccc4cccc-3c24)C1. The highest BCUT2D eigenvalue weighted by Gasteiger charge is 2.28. The topological polar surface area (TPSA) is 9.86 Å². The normalized spacial score (nSPS) is 14.5. The number of fused-ring (bicyclic) bond motifs is 12. The monoisotopic (exact) mass is 674 g/mol. The fourth-order valence-electron chi connectivity index (χ4n) is 9.65. The highest BCUT2D eigenvalue weighted by molar-refractivity contribution is 6.25. The summed E-state index contributed by atoms with van der Waals surface area (Å²) in [7, 11) is 0. The van der Waals surface area contributed by atoms with Crippen LogP contribution in [0.3, 0.4) is 0 Å². The predicted octanol–water partition coefficient (Wildman–Crippen LogP) is 13.6. The molecule has 0 N–H and O–H groups in total. The van der Waals surface area contributed by atoms with E-state index in [1.165, 1.54) is 110 Å². The lowest BCUT2D eigenvalue weighted by Gasteiger charge is -2.16. The van der Waals surface area contributed by atoms with Gasteiger partial charge in [-0.25, -0.2) is 0 Å². The lowest BCUT2D eigenvalue weighted by molar-refractivity contribution is 0.718. The molecule has 0 saturated heterocycles. The van der Waals surface area contributed by atoms with Crippen LogP contribution in [0.15, 0.2) is 164 Å². The van der Waals surface area contributed by atoms with Gasteiger partial charge in [0, 0.05) is 38.6 Å². The molecule has 0 aliphatic heterocycles. The van der Waals surface area contributed by atoms with Crippen molar-refractivity contribution in [2.75, 3.05) is 0 Å². The summed E-state index contributed by atoms with van der Waals surface area (Å²) >= 11 is 0. The molecular formula is C51H34N2. The first-order valence-corrected chi connectivity index (χ1v) is 18.7.